The predicted octanol–water partition coefficient (Wildman–Crippen LogP) is 5.67. The number of non-ortho nitro benzene ring substituents is 1. The second-order valence-electron chi connectivity index (χ2n) is 5.84. The van der Waals surface area contributed by atoms with E-state index < -0.39 is 4.92 Å². The number of nitro groups is 1. The largest absolute Gasteiger partial charge is 0.493 e. The number of ether oxygens (including phenoxy) is 3. The van der Waals surface area contributed by atoms with Crippen LogP contribution in [0.2, 0.25) is 0 Å². The number of nitrogens with zero attached hydrogens (tertiary/aromatic N) is 1. The first-order valence-electron chi connectivity index (χ1n) is 8.24. The highest BCUT2D eigenvalue weighted by molar-refractivity contribution is 5.81. The van der Waals surface area contributed by atoms with Gasteiger partial charge in [0.05, 0.1) is 29.7 Å². The zero-order valence-corrected chi connectivity index (χ0v) is 14.4. The number of hydrogen-bond donors (Lipinski definition) is 0. The Hall–Kier alpha value is -3.80. The van der Waals surface area contributed by atoms with Crippen LogP contribution < -0.4 is 14.2 Å². The Kier molecular flexibility index (Phi) is 4.22. The Bertz CT molecular complexity index is 1060. The maximum atomic E-state index is 11.4. The minimum Gasteiger partial charge on any atom is -0.493 e. The van der Waals surface area contributed by atoms with Crippen LogP contribution in [0, 0.1) is 10.1 Å². The zero-order valence-electron chi connectivity index (χ0n) is 14.4. The maximum absolute atomic E-state index is 11.4. The van der Waals surface area contributed by atoms with Crippen LogP contribution >= 0.6 is 0 Å². The molecule has 0 amide bonds. The van der Waals surface area contributed by atoms with E-state index in [0.29, 0.717) is 34.3 Å². The van der Waals surface area contributed by atoms with E-state index in [0.717, 1.165) is 5.56 Å². The highest BCUT2D eigenvalue weighted by Gasteiger charge is 2.21. The molecule has 0 aliphatic carbocycles. The summed E-state index contributed by atoms with van der Waals surface area (Å²) in [6.07, 6.45) is 3.72. The Balaban J connectivity index is 1.85. The number of hydrogen-bond acceptors (Lipinski definition) is 5. The molecule has 6 heteroatoms. The molecule has 0 saturated heterocycles. The third-order valence-electron chi connectivity index (χ3n) is 4.16. The van der Waals surface area contributed by atoms with Gasteiger partial charge in [0.1, 0.15) is 17.2 Å². The van der Waals surface area contributed by atoms with Crippen LogP contribution in [0.15, 0.2) is 60.7 Å². The standard InChI is InChI=1S/C21H15NO5/c1-25-18-8-4-5-9-19(18)27-21-13-15(22(23)24)12-20-16(21)11-10-14-6-2-3-7-17(14)26-20/h2-13H,1H3. The van der Waals surface area contributed by atoms with Crippen molar-refractivity contribution in [2.45, 2.75) is 0 Å². The lowest BCUT2D eigenvalue weighted by atomic mass is 10.1. The van der Waals surface area contributed by atoms with Gasteiger partial charge in [-0.05, 0) is 24.3 Å². The van der Waals surface area contributed by atoms with E-state index in [1.54, 1.807) is 18.2 Å². The van der Waals surface area contributed by atoms with E-state index >= 15 is 0 Å². The summed E-state index contributed by atoms with van der Waals surface area (Å²) >= 11 is 0. The van der Waals surface area contributed by atoms with Gasteiger partial charge in [0.2, 0.25) is 0 Å². The first-order chi connectivity index (χ1) is 13.2. The molecule has 0 radical (unpaired) electrons. The first-order valence-corrected chi connectivity index (χ1v) is 8.24. The van der Waals surface area contributed by atoms with Crippen molar-refractivity contribution in [1.29, 1.82) is 0 Å². The van der Waals surface area contributed by atoms with Gasteiger partial charge < -0.3 is 14.2 Å². The summed E-state index contributed by atoms with van der Waals surface area (Å²) in [6, 6.07) is 17.4. The Morgan fingerprint density at radius 2 is 1.63 bits per heavy atom. The molecule has 134 valence electrons. The SMILES string of the molecule is COc1ccccc1Oc1cc([N+](=O)[O-])cc2c1C=Cc1ccccc1O2. The molecule has 6 nitrogen and oxygen atoms in total. The van der Waals surface area contributed by atoms with Gasteiger partial charge in [-0.25, -0.2) is 0 Å². The second-order valence-corrected chi connectivity index (χ2v) is 5.84. The molecular weight excluding hydrogens is 346 g/mol. The molecule has 0 spiro atoms. The van der Waals surface area contributed by atoms with Gasteiger partial charge >= 0.3 is 0 Å². The zero-order chi connectivity index (χ0) is 18.8. The predicted molar refractivity (Wildman–Crippen MR) is 102 cm³/mol. The van der Waals surface area contributed by atoms with E-state index in [1.807, 2.05) is 42.5 Å². The van der Waals surface area contributed by atoms with Crippen molar-refractivity contribution < 1.29 is 19.1 Å². The summed E-state index contributed by atoms with van der Waals surface area (Å²) in [5.74, 6) is 2.27. The lowest BCUT2D eigenvalue weighted by molar-refractivity contribution is -0.385. The molecule has 0 N–H and O–H groups in total. The molecular formula is C21H15NO5. The number of para-hydroxylation sites is 3. The van der Waals surface area contributed by atoms with Gasteiger partial charge in [-0.3, -0.25) is 10.1 Å². The number of rotatable bonds is 4. The average Bonchev–Trinajstić information content (AvgIpc) is 2.87. The van der Waals surface area contributed by atoms with Crippen molar-refractivity contribution in [2.24, 2.45) is 0 Å². The molecule has 0 bridgehead atoms. The number of benzene rings is 3. The first kappa shape index (κ1) is 16.7. The Morgan fingerprint density at radius 3 is 2.41 bits per heavy atom. The van der Waals surface area contributed by atoms with Crippen molar-refractivity contribution in [3.8, 4) is 28.7 Å². The van der Waals surface area contributed by atoms with Gasteiger partial charge in [-0.1, -0.05) is 36.4 Å². The molecule has 0 unspecified atom stereocenters. The summed E-state index contributed by atoms with van der Waals surface area (Å²) in [5, 5.41) is 11.4. The van der Waals surface area contributed by atoms with Crippen molar-refractivity contribution in [2.75, 3.05) is 7.11 Å². The van der Waals surface area contributed by atoms with E-state index in [2.05, 4.69) is 0 Å². The fourth-order valence-electron chi connectivity index (χ4n) is 2.85. The minimum absolute atomic E-state index is 0.119. The smallest absolute Gasteiger partial charge is 0.276 e. The van der Waals surface area contributed by atoms with E-state index in [1.165, 1.54) is 19.2 Å². The Morgan fingerprint density at radius 1 is 0.889 bits per heavy atom. The number of methoxy groups -OCH3 is 1. The van der Waals surface area contributed by atoms with E-state index in [4.69, 9.17) is 14.2 Å². The molecule has 4 rings (SSSR count). The summed E-state index contributed by atoms with van der Waals surface area (Å²) in [7, 11) is 1.54. The van der Waals surface area contributed by atoms with Gasteiger partial charge in [0.25, 0.3) is 5.69 Å². The van der Waals surface area contributed by atoms with Gasteiger partial charge in [-0.2, -0.15) is 0 Å². The van der Waals surface area contributed by atoms with Crippen LogP contribution in [0.25, 0.3) is 12.2 Å². The molecule has 27 heavy (non-hydrogen) atoms. The average molecular weight is 361 g/mol. The van der Waals surface area contributed by atoms with Gasteiger partial charge in [-0.15, -0.1) is 0 Å². The lowest BCUT2D eigenvalue weighted by Crippen LogP contribution is -1.97. The molecule has 0 atom stereocenters. The molecule has 3 aromatic carbocycles. The molecule has 0 aromatic heterocycles. The summed E-state index contributed by atoms with van der Waals surface area (Å²) in [6.45, 7) is 0. The summed E-state index contributed by atoms with van der Waals surface area (Å²) in [4.78, 5) is 10.9. The molecule has 1 heterocycles. The third-order valence-corrected chi connectivity index (χ3v) is 4.16. The van der Waals surface area contributed by atoms with Crippen LogP contribution in [0.4, 0.5) is 5.69 Å². The van der Waals surface area contributed by atoms with Gasteiger partial charge in [0, 0.05) is 5.56 Å². The normalized spacial score (nSPS) is 11.6. The number of fused-ring (bicyclic) bond motifs is 2. The van der Waals surface area contributed by atoms with Crippen molar-refractivity contribution >= 4 is 17.8 Å². The monoisotopic (exact) mass is 361 g/mol. The van der Waals surface area contributed by atoms with Crippen LogP contribution in [0.3, 0.4) is 0 Å². The molecule has 1 aliphatic rings. The van der Waals surface area contributed by atoms with E-state index in [9.17, 15) is 10.1 Å². The lowest BCUT2D eigenvalue weighted by Gasteiger charge is -2.14. The van der Waals surface area contributed by atoms with Crippen LogP contribution in [-0.2, 0) is 0 Å². The highest BCUT2D eigenvalue weighted by Crippen LogP contribution is 2.43. The second kappa shape index (κ2) is 6.84. The van der Waals surface area contributed by atoms with Crippen molar-refractivity contribution in [3.05, 3.63) is 81.9 Å². The fraction of sp³-hybridized carbons (Fsp3) is 0.0476. The molecule has 0 fully saturated rings. The van der Waals surface area contributed by atoms with Crippen LogP contribution in [-0.4, -0.2) is 12.0 Å². The van der Waals surface area contributed by atoms with Gasteiger partial charge in [0.15, 0.2) is 11.5 Å². The fourth-order valence-corrected chi connectivity index (χ4v) is 2.85. The highest BCUT2D eigenvalue weighted by atomic mass is 16.6. The number of nitro benzene ring substituents is 1. The molecule has 1 aliphatic heterocycles. The summed E-state index contributed by atoms with van der Waals surface area (Å²) < 4.78 is 17.2. The van der Waals surface area contributed by atoms with Crippen molar-refractivity contribution in [3.63, 3.8) is 0 Å². The minimum atomic E-state index is -0.473. The molecule has 0 saturated carbocycles. The quantitative estimate of drug-likeness (QED) is 0.346. The van der Waals surface area contributed by atoms with Crippen LogP contribution in [0.1, 0.15) is 11.1 Å². The van der Waals surface area contributed by atoms with E-state index in [-0.39, 0.29) is 5.69 Å². The summed E-state index contributed by atoms with van der Waals surface area (Å²) in [5.41, 5.74) is 1.37. The topological polar surface area (TPSA) is 70.8 Å². The maximum Gasteiger partial charge on any atom is 0.276 e. The molecule has 3 aromatic rings. The Labute approximate surface area is 155 Å². The van der Waals surface area contributed by atoms with Crippen molar-refractivity contribution in [1.82, 2.24) is 0 Å². The third kappa shape index (κ3) is 3.20. The van der Waals surface area contributed by atoms with Crippen LogP contribution in [0.5, 0.6) is 28.7 Å².